The van der Waals surface area contributed by atoms with Gasteiger partial charge < -0.3 is 24.8 Å². The number of anilines is 1. The van der Waals surface area contributed by atoms with E-state index in [2.05, 4.69) is 40.2 Å². The van der Waals surface area contributed by atoms with Crippen LogP contribution in [0.5, 0.6) is 0 Å². The molecule has 1 aromatic carbocycles. The highest BCUT2D eigenvalue weighted by Crippen LogP contribution is 2.30. The zero-order chi connectivity index (χ0) is 21.3. The first-order valence-corrected chi connectivity index (χ1v) is 9.98. The molecule has 0 radical (unpaired) electrons. The van der Waals surface area contributed by atoms with Crippen LogP contribution in [0, 0.1) is 11.3 Å². The average Bonchev–Trinajstić information content (AvgIpc) is 3.42. The van der Waals surface area contributed by atoms with E-state index in [9.17, 15) is 5.26 Å². The van der Waals surface area contributed by atoms with Crippen LogP contribution in [-0.4, -0.2) is 55.5 Å². The van der Waals surface area contributed by atoms with Crippen molar-refractivity contribution in [1.29, 1.82) is 5.26 Å². The van der Waals surface area contributed by atoms with E-state index in [1.54, 1.807) is 7.11 Å². The smallest absolute Gasteiger partial charge is 0.116 e. The molecular formula is C23H29N5O2. The molecule has 1 aromatic heterocycles. The van der Waals surface area contributed by atoms with E-state index in [1.807, 2.05) is 42.5 Å². The molecule has 0 atom stereocenters. The van der Waals surface area contributed by atoms with Gasteiger partial charge in [-0.3, -0.25) is 0 Å². The van der Waals surface area contributed by atoms with Crippen LogP contribution in [0.3, 0.4) is 0 Å². The third-order valence-electron chi connectivity index (χ3n) is 4.86. The van der Waals surface area contributed by atoms with Gasteiger partial charge in [0.1, 0.15) is 6.73 Å². The summed E-state index contributed by atoms with van der Waals surface area (Å²) in [5.74, 6) is 0. The lowest BCUT2D eigenvalue weighted by Gasteiger charge is -2.20. The summed E-state index contributed by atoms with van der Waals surface area (Å²) in [6.07, 6.45) is 6.83. The highest BCUT2D eigenvalue weighted by Gasteiger charge is 2.16. The number of hydrazine groups is 1. The first-order chi connectivity index (χ1) is 14.6. The largest absolute Gasteiger partial charge is 0.380 e. The second kappa shape index (κ2) is 10.6. The maximum atomic E-state index is 9.61. The van der Waals surface area contributed by atoms with Gasteiger partial charge in [0.2, 0.25) is 0 Å². The number of hydrogen-bond acceptors (Lipinski definition) is 6. The lowest BCUT2D eigenvalue weighted by molar-refractivity contribution is 0.153. The first kappa shape index (κ1) is 21.7. The normalized spacial score (nSPS) is 14.5. The Hall–Kier alpha value is -3.05. The molecule has 158 valence electrons. The zero-order valence-corrected chi connectivity index (χ0v) is 17.6. The molecule has 0 saturated carbocycles. The molecule has 0 spiro atoms. The van der Waals surface area contributed by atoms with Crippen LogP contribution in [0.15, 0.2) is 49.3 Å². The molecule has 0 unspecified atom stereocenters. The van der Waals surface area contributed by atoms with E-state index >= 15 is 0 Å². The number of aromatic amines is 1. The molecule has 0 bridgehead atoms. The van der Waals surface area contributed by atoms with Crippen molar-refractivity contribution in [3.05, 3.63) is 71.7 Å². The van der Waals surface area contributed by atoms with Gasteiger partial charge in [0.05, 0.1) is 30.5 Å². The Morgan fingerprint density at radius 1 is 1.47 bits per heavy atom. The number of nitrogens with zero attached hydrogens (tertiary/aromatic N) is 3. The molecule has 1 aliphatic rings. The molecule has 7 heteroatoms. The zero-order valence-electron chi connectivity index (χ0n) is 17.6. The topological polar surface area (TPSA) is 76.5 Å². The predicted molar refractivity (Wildman–Crippen MR) is 118 cm³/mol. The second-order valence-corrected chi connectivity index (χ2v) is 7.23. The van der Waals surface area contributed by atoms with E-state index in [0.717, 1.165) is 47.6 Å². The van der Waals surface area contributed by atoms with Crippen LogP contribution in [0.1, 0.15) is 28.8 Å². The van der Waals surface area contributed by atoms with Crippen molar-refractivity contribution in [2.75, 3.05) is 46.0 Å². The standard InChI is InChI=1S/C23H29N5O2/c1-4-5-8-27(2)15-22(21-6-7-25-23(21)16-29-3)19-11-18(14-24)12-20(13-19)26-28-9-10-30-17-28/h4,6-7,11-13,15,25-26H,1,5,8-10,16-17H2,2-3H3/b22-15-. The Morgan fingerprint density at radius 2 is 2.33 bits per heavy atom. The fraction of sp³-hybridized carbons (Fsp3) is 0.348. The molecule has 1 saturated heterocycles. The van der Waals surface area contributed by atoms with E-state index < -0.39 is 0 Å². The van der Waals surface area contributed by atoms with Gasteiger partial charge in [0, 0.05) is 56.5 Å². The number of nitrogens with one attached hydrogen (secondary N) is 2. The van der Waals surface area contributed by atoms with Gasteiger partial charge in [-0.05, 0) is 36.2 Å². The Bertz CT molecular complexity index is 922. The number of nitriles is 1. The molecule has 2 heterocycles. The van der Waals surface area contributed by atoms with Crippen LogP contribution in [0.2, 0.25) is 0 Å². The average molecular weight is 408 g/mol. The summed E-state index contributed by atoms with van der Waals surface area (Å²) in [5.41, 5.74) is 8.83. The van der Waals surface area contributed by atoms with E-state index in [-0.39, 0.29) is 0 Å². The summed E-state index contributed by atoms with van der Waals surface area (Å²) < 4.78 is 10.8. The highest BCUT2D eigenvalue weighted by atomic mass is 16.5. The predicted octanol–water partition coefficient (Wildman–Crippen LogP) is 3.55. The lowest BCUT2D eigenvalue weighted by Crippen LogP contribution is -2.26. The summed E-state index contributed by atoms with van der Waals surface area (Å²) in [6.45, 7) is 7.16. The Kier molecular flexibility index (Phi) is 7.69. The number of benzene rings is 1. The van der Waals surface area contributed by atoms with Gasteiger partial charge in [-0.25, -0.2) is 0 Å². The van der Waals surface area contributed by atoms with Crippen molar-refractivity contribution < 1.29 is 9.47 Å². The summed E-state index contributed by atoms with van der Waals surface area (Å²) in [4.78, 5) is 5.41. The van der Waals surface area contributed by atoms with Gasteiger partial charge in [0.15, 0.2) is 0 Å². The minimum absolute atomic E-state index is 0.476. The van der Waals surface area contributed by atoms with Crippen molar-refractivity contribution >= 4 is 11.3 Å². The molecule has 3 rings (SSSR count). The number of methoxy groups -OCH3 is 1. The molecule has 1 aliphatic heterocycles. The van der Waals surface area contributed by atoms with Gasteiger partial charge in [0.25, 0.3) is 0 Å². The van der Waals surface area contributed by atoms with Gasteiger partial charge in [-0.1, -0.05) is 6.08 Å². The van der Waals surface area contributed by atoms with Gasteiger partial charge >= 0.3 is 0 Å². The summed E-state index contributed by atoms with van der Waals surface area (Å²) in [7, 11) is 3.72. The number of ether oxygens (including phenoxy) is 2. The minimum Gasteiger partial charge on any atom is -0.380 e. The summed E-state index contributed by atoms with van der Waals surface area (Å²) >= 11 is 0. The van der Waals surface area contributed by atoms with Crippen molar-refractivity contribution in [3.8, 4) is 6.07 Å². The second-order valence-electron chi connectivity index (χ2n) is 7.23. The van der Waals surface area contributed by atoms with Crippen LogP contribution < -0.4 is 5.43 Å². The Morgan fingerprint density at radius 3 is 3.03 bits per heavy atom. The number of hydrogen-bond donors (Lipinski definition) is 2. The van der Waals surface area contributed by atoms with Crippen LogP contribution in [0.25, 0.3) is 5.57 Å². The molecule has 2 N–H and O–H groups in total. The van der Waals surface area contributed by atoms with Crippen LogP contribution in [-0.2, 0) is 16.1 Å². The molecule has 2 aromatic rings. The van der Waals surface area contributed by atoms with Crippen molar-refractivity contribution in [2.45, 2.75) is 13.0 Å². The number of H-pyrrole nitrogens is 1. The van der Waals surface area contributed by atoms with Gasteiger partial charge in [-0.2, -0.15) is 10.3 Å². The Labute approximate surface area is 178 Å². The quantitative estimate of drug-likeness (QED) is 0.587. The molecule has 30 heavy (non-hydrogen) atoms. The Balaban J connectivity index is 2.03. The third-order valence-corrected chi connectivity index (χ3v) is 4.86. The van der Waals surface area contributed by atoms with E-state index in [0.29, 0.717) is 25.5 Å². The van der Waals surface area contributed by atoms with Crippen molar-refractivity contribution in [2.24, 2.45) is 0 Å². The van der Waals surface area contributed by atoms with Crippen LogP contribution in [0.4, 0.5) is 5.69 Å². The fourth-order valence-corrected chi connectivity index (χ4v) is 3.40. The molecule has 1 fully saturated rings. The van der Waals surface area contributed by atoms with Crippen molar-refractivity contribution in [1.82, 2.24) is 14.9 Å². The summed E-state index contributed by atoms with van der Waals surface area (Å²) in [6, 6.07) is 10.2. The maximum Gasteiger partial charge on any atom is 0.116 e. The van der Waals surface area contributed by atoms with E-state index in [4.69, 9.17) is 9.47 Å². The molecule has 7 nitrogen and oxygen atoms in total. The van der Waals surface area contributed by atoms with Crippen LogP contribution >= 0.6 is 0 Å². The van der Waals surface area contributed by atoms with E-state index in [1.165, 1.54) is 0 Å². The summed E-state index contributed by atoms with van der Waals surface area (Å²) in [5, 5.41) is 11.6. The third kappa shape index (κ3) is 5.51. The molecule has 0 aliphatic carbocycles. The first-order valence-electron chi connectivity index (χ1n) is 9.98. The lowest BCUT2D eigenvalue weighted by atomic mass is 9.96. The molecule has 0 amide bonds. The number of rotatable bonds is 10. The SMILES string of the molecule is C=CCCN(C)/C=C(/c1cc(C#N)cc(NN2CCOC2)c1)c1cc[nH]c1COC. The number of aromatic nitrogens is 1. The molecular weight excluding hydrogens is 378 g/mol. The minimum atomic E-state index is 0.476. The van der Waals surface area contributed by atoms with Crippen molar-refractivity contribution in [3.63, 3.8) is 0 Å². The fourth-order valence-electron chi connectivity index (χ4n) is 3.40. The van der Waals surface area contributed by atoms with Gasteiger partial charge in [-0.15, -0.1) is 6.58 Å². The maximum absolute atomic E-state index is 9.61. The monoisotopic (exact) mass is 407 g/mol. The highest BCUT2D eigenvalue weighted by molar-refractivity contribution is 5.83.